The molecule has 4 nitrogen and oxygen atoms in total. The third kappa shape index (κ3) is 5.58. The van der Waals surface area contributed by atoms with Crippen LogP contribution in [0.4, 0.5) is 26.3 Å². The molecule has 2 heterocycles. The number of carbonyl (C=O) groups excluding carboxylic acids is 1. The molecule has 226 valence electrons. The summed E-state index contributed by atoms with van der Waals surface area (Å²) in [5.41, 5.74) is -1.46. The van der Waals surface area contributed by atoms with E-state index in [1.54, 1.807) is 30.3 Å². The monoisotopic (exact) mass is 600 g/mol. The Kier molecular flexibility index (Phi) is 7.41. The Morgan fingerprint density at radius 2 is 1.51 bits per heavy atom. The van der Waals surface area contributed by atoms with Crippen LogP contribution in [0.1, 0.15) is 52.6 Å². The molecule has 0 radical (unpaired) electrons. The lowest BCUT2D eigenvalue weighted by Gasteiger charge is -2.41. The Hall–Kier alpha value is -3.63. The first kappa shape index (κ1) is 29.4. The highest BCUT2D eigenvalue weighted by Gasteiger charge is 2.51. The Bertz CT molecular complexity index is 1490. The molecule has 1 aliphatic carbocycles. The van der Waals surface area contributed by atoms with Crippen molar-refractivity contribution in [3.63, 3.8) is 0 Å². The third-order valence-electron chi connectivity index (χ3n) is 9.04. The van der Waals surface area contributed by atoms with Gasteiger partial charge >= 0.3 is 12.4 Å². The van der Waals surface area contributed by atoms with Gasteiger partial charge in [0.15, 0.2) is 5.60 Å². The van der Waals surface area contributed by atoms with Gasteiger partial charge in [-0.15, -0.1) is 0 Å². The average molecular weight is 601 g/mol. The molecule has 0 aromatic heterocycles. The first-order chi connectivity index (χ1) is 20.4. The van der Waals surface area contributed by atoms with Gasteiger partial charge in [-0.3, -0.25) is 9.69 Å². The van der Waals surface area contributed by atoms with Crippen LogP contribution in [0.15, 0.2) is 78.9 Å². The van der Waals surface area contributed by atoms with E-state index in [1.165, 1.54) is 11.1 Å². The summed E-state index contributed by atoms with van der Waals surface area (Å²) < 4.78 is 86.5. The SMILES string of the molecule is O=C(NCc1cc(C(F)(F)F)cc(C(F)(F)F)c1)C1(c2ccccc2)CC(N2CCC3(C=Cc4ccccc43)CC2)CO1. The molecule has 3 aliphatic rings. The van der Waals surface area contributed by atoms with Gasteiger partial charge in [0.2, 0.25) is 0 Å². The predicted octanol–water partition coefficient (Wildman–Crippen LogP) is 7.09. The summed E-state index contributed by atoms with van der Waals surface area (Å²) in [6.45, 7) is 1.34. The molecule has 3 aromatic carbocycles. The summed E-state index contributed by atoms with van der Waals surface area (Å²) in [7, 11) is 0. The second-order valence-electron chi connectivity index (χ2n) is 11.6. The molecule has 2 aliphatic heterocycles. The minimum Gasteiger partial charge on any atom is -0.359 e. The number of allylic oxidation sites excluding steroid dienone is 1. The zero-order valence-corrected chi connectivity index (χ0v) is 23.1. The lowest BCUT2D eigenvalue weighted by Crippen LogP contribution is -2.48. The van der Waals surface area contributed by atoms with Gasteiger partial charge in [0.1, 0.15) is 0 Å². The summed E-state index contributed by atoms with van der Waals surface area (Å²) >= 11 is 0. The maximum atomic E-state index is 13.8. The molecule has 0 bridgehead atoms. The minimum atomic E-state index is -4.98. The molecule has 2 fully saturated rings. The van der Waals surface area contributed by atoms with Crippen molar-refractivity contribution in [2.75, 3.05) is 19.7 Å². The average Bonchev–Trinajstić information content (AvgIpc) is 3.60. The Labute approximate surface area is 245 Å². The number of ether oxygens (including phenoxy) is 1. The Morgan fingerprint density at radius 3 is 2.16 bits per heavy atom. The smallest absolute Gasteiger partial charge is 0.359 e. The Balaban J connectivity index is 1.20. The van der Waals surface area contributed by atoms with E-state index in [2.05, 4.69) is 40.6 Å². The number of halogens is 6. The first-order valence-corrected chi connectivity index (χ1v) is 14.2. The molecule has 10 heteroatoms. The van der Waals surface area contributed by atoms with Gasteiger partial charge < -0.3 is 10.1 Å². The Morgan fingerprint density at radius 1 is 0.884 bits per heavy atom. The molecule has 3 aromatic rings. The topological polar surface area (TPSA) is 41.6 Å². The van der Waals surface area contributed by atoms with E-state index >= 15 is 0 Å². The van der Waals surface area contributed by atoms with Gasteiger partial charge in [-0.05, 0) is 66.4 Å². The number of carbonyl (C=O) groups is 1. The zero-order valence-electron chi connectivity index (χ0n) is 23.1. The molecular formula is C33H30F6N2O2. The number of nitrogens with zero attached hydrogens (tertiary/aromatic N) is 1. The van der Waals surface area contributed by atoms with Crippen LogP contribution < -0.4 is 5.32 Å². The lowest BCUT2D eigenvalue weighted by molar-refractivity contribution is -0.143. The van der Waals surface area contributed by atoms with Crippen molar-refractivity contribution in [3.8, 4) is 0 Å². The van der Waals surface area contributed by atoms with Crippen LogP contribution in [0.2, 0.25) is 0 Å². The standard InChI is InChI=1S/C33H30F6N2O2/c34-32(35,36)25-16-22(17-26(18-25)33(37,38)39)20-40-29(42)31(24-7-2-1-3-8-24)19-27(21-43-31)41-14-12-30(13-15-41)11-10-23-6-4-5-9-28(23)30/h1-11,16-18,27H,12-15,19-21H2,(H,40,42). The molecule has 1 N–H and O–H groups in total. The van der Waals surface area contributed by atoms with Crippen LogP contribution in [0, 0.1) is 0 Å². The van der Waals surface area contributed by atoms with E-state index in [-0.39, 0.29) is 29.7 Å². The van der Waals surface area contributed by atoms with Crippen molar-refractivity contribution in [2.45, 2.75) is 55.2 Å². The van der Waals surface area contributed by atoms with E-state index in [4.69, 9.17) is 4.74 Å². The molecule has 1 spiro atoms. The molecule has 1 amide bonds. The maximum Gasteiger partial charge on any atom is 0.416 e. The molecule has 2 atom stereocenters. The zero-order chi connectivity index (χ0) is 30.5. The summed E-state index contributed by atoms with van der Waals surface area (Å²) in [5.74, 6) is -0.603. The lowest BCUT2D eigenvalue weighted by atomic mass is 9.74. The number of hydrogen-bond acceptors (Lipinski definition) is 3. The van der Waals surface area contributed by atoms with Crippen molar-refractivity contribution in [3.05, 3.63) is 112 Å². The van der Waals surface area contributed by atoms with Crippen LogP contribution in [-0.2, 0) is 39.4 Å². The van der Waals surface area contributed by atoms with Crippen LogP contribution in [0.3, 0.4) is 0 Å². The number of alkyl halides is 6. The largest absolute Gasteiger partial charge is 0.416 e. The third-order valence-corrected chi connectivity index (χ3v) is 9.04. The van der Waals surface area contributed by atoms with Crippen molar-refractivity contribution < 1.29 is 35.9 Å². The van der Waals surface area contributed by atoms with Gasteiger partial charge in [0.25, 0.3) is 5.91 Å². The van der Waals surface area contributed by atoms with Crippen molar-refractivity contribution >= 4 is 12.0 Å². The quantitative estimate of drug-likeness (QED) is 0.318. The number of likely N-dealkylation sites (tertiary alicyclic amines) is 1. The van der Waals surface area contributed by atoms with E-state index < -0.39 is 41.5 Å². The number of amides is 1. The summed E-state index contributed by atoms with van der Waals surface area (Å²) in [5, 5.41) is 2.59. The molecular weight excluding hydrogens is 570 g/mol. The molecule has 2 saturated heterocycles. The number of rotatable bonds is 5. The van der Waals surface area contributed by atoms with Gasteiger partial charge in [-0.1, -0.05) is 66.7 Å². The normalized spacial score (nSPS) is 23.4. The van der Waals surface area contributed by atoms with E-state index in [9.17, 15) is 31.1 Å². The predicted molar refractivity (Wildman–Crippen MR) is 149 cm³/mol. The fraction of sp³-hybridized carbons (Fsp3) is 0.364. The summed E-state index contributed by atoms with van der Waals surface area (Å²) in [6.07, 6.45) is -3.35. The van der Waals surface area contributed by atoms with Crippen LogP contribution >= 0.6 is 0 Å². The van der Waals surface area contributed by atoms with Crippen LogP contribution in [0.5, 0.6) is 0 Å². The molecule has 43 heavy (non-hydrogen) atoms. The molecule has 2 unspecified atom stereocenters. The summed E-state index contributed by atoms with van der Waals surface area (Å²) in [4.78, 5) is 16.1. The second kappa shape index (κ2) is 10.8. The van der Waals surface area contributed by atoms with Crippen molar-refractivity contribution in [2.24, 2.45) is 0 Å². The van der Waals surface area contributed by atoms with Crippen LogP contribution in [-0.4, -0.2) is 36.5 Å². The number of nitrogens with one attached hydrogen (secondary N) is 1. The number of hydrogen-bond donors (Lipinski definition) is 1. The first-order valence-electron chi connectivity index (χ1n) is 14.2. The second-order valence-corrected chi connectivity index (χ2v) is 11.6. The highest BCUT2D eigenvalue weighted by atomic mass is 19.4. The van der Waals surface area contributed by atoms with Gasteiger partial charge in [0.05, 0.1) is 17.7 Å². The van der Waals surface area contributed by atoms with Crippen molar-refractivity contribution in [1.82, 2.24) is 10.2 Å². The number of piperidine rings is 1. The van der Waals surface area contributed by atoms with Gasteiger partial charge in [-0.25, -0.2) is 0 Å². The minimum absolute atomic E-state index is 0.0132. The highest BCUT2D eigenvalue weighted by molar-refractivity contribution is 5.87. The summed E-state index contributed by atoms with van der Waals surface area (Å²) in [6, 6.07) is 18.4. The van der Waals surface area contributed by atoms with Crippen molar-refractivity contribution in [1.29, 1.82) is 0 Å². The number of fused-ring (bicyclic) bond motifs is 2. The van der Waals surface area contributed by atoms with E-state index in [0.29, 0.717) is 24.1 Å². The van der Waals surface area contributed by atoms with E-state index in [1.807, 2.05) is 6.07 Å². The number of benzene rings is 3. The fourth-order valence-corrected chi connectivity index (χ4v) is 6.73. The molecule has 6 rings (SSSR count). The molecule has 0 saturated carbocycles. The van der Waals surface area contributed by atoms with Gasteiger partial charge in [-0.2, -0.15) is 26.3 Å². The van der Waals surface area contributed by atoms with Gasteiger partial charge in [0, 0.05) is 24.4 Å². The highest BCUT2D eigenvalue weighted by Crippen LogP contribution is 2.46. The van der Waals surface area contributed by atoms with Crippen LogP contribution in [0.25, 0.3) is 6.08 Å². The van der Waals surface area contributed by atoms with E-state index in [0.717, 1.165) is 25.9 Å². The fourth-order valence-electron chi connectivity index (χ4n) is 6.73. The maximum absolute atomic E-state index is 13.8.